The van der Waals surface area contributed by atoms with Gasteiger partial charge in [0, 0.05) is 24.2 Å². The lowest BCUT2D eigenvalue weighted by Gasteiger charge is -2.34. The van der Waals surface area contributed by atoms with E-state index >= 15 is 0 Å². The van der Waals surface area contributed by atoms with E-state index in [4.69, 9.17) is 4.42 Å². The normalized spacial score (nSPS) is 15.9. The molecule has 7 nitrogen and oxygen atoms in total. The molecular formula is C20H20F3N5O2S. The summed E-state index contributed by atoms with van der Waals surface area (Å²) in [5, 5.41) is 10.0. The first-order chi connectivity index (χ1) is 15.0. The minimum atomic E-state index is -2.90. The van der Waals surface area contributed by atoms with Crippen LogP contribution in [0.1, 0.15) is 17.9 Å². The van der Waals surface area contributed by atoms with Gasteiger partial charge in [0.15, 0.2) is 11.5 Å². The average molecular weight is 451 g/mol. The first-order valence-corrected chi connectivity index (χ1v) is 10.7. The van der Waals surface area contributed by atoms with Crippen LogP contribution >= 0.6 is 0 Å². The van der Waals surface area contributed by atoms with Crippen LogP contribution in [0.5, 0.6) is 0 Å². The van der Waals surface area contributed by atoms with E-state index in [0.29, 0.717) is 24.3 Å². The van der Waals surface area contributed by atoms with E-state index in [9.17, 15) is 17.7 Å². The van der Waals surface area contributed by atoms with Gasteiger partial charge in [0.05, 0.1) is 25.3 Å². The zero-order valence-corrected chi connectivity index (χ0v) is 17.2. The van der Waals surface area contributed by atoms with Crippen molar-refractivity contribution in [3.63, 3.8) is 0 Å². The molecule has 11 heteroatoms. The number of hydrogen-bond donors (Lipinski definition) is 1. The molecule has 1 saturated heterocycles. The fourth-order valence-corrected chi connectivity index (χ4v) is 4.50. The molecule has 1 aliphatic heterocycles. The number of para-hydroxylation sites is 1. The van der Waals surface area contributed by atoms with Crippen LogP contribution in [-0.4, -0.2) is 45.2 Å². The standard InChI is InChI=1S/C20H20F3N5O2S/c21-17-12-14(19-25-26-20(30-19)18(22)23)6-7-15(17)13-28(16-4-2-1-3-5-16)31(29)27-10-8-24-9-11-27/h1-7,12,18,24H,8-11,13H2. The second-order valence-corrected chi connectivity index (χ2v) is 8.25. The Bertz CT molecular complexity index is 1000. The Labute approximate surface area is 180 Å². The van der Waals surface area contributed by atoms with Crippen LogP contribution in [0, 0.1) is 5.82 Å². The maximum atomic E-state index is 14.9. The molecule has 0 aliphatic carbocycles. The number of anilines is 1. The van der Waals surface area contributed by atoms with E-state index in [1.54, 1.807) is 4.31 Å². The van der Waals surface area contributed by atoms with Crippen molar-refractivity contribution in [2.45, 2.75) is 13.0 Å². The highest BCUT2D eigenvalue weighted by atomic mass is 32.2. The molecule has 0 spiro atoms. The predicted octanol–water partition coefficient (Wildman–Crippen LogP) is 3.30. The van der Waals surface area contributed by atoms with Crippen LogP contribution in [0.3, 0.4) is 0 Å². The van der Waals surface area contributed by atoms with Gasteiger partial charge in [-0.3, -0.25) is 0 Å². The summed E-state index contributed by atoms with van der Waals surface area (Å²) in [6, 6.07) is 13.3. The number of alkyl halides is 2. The molecule has 0 bridgehead atoms. The van der Waals surface area contributed by atoms with Crippen molar-refractivity contribution >= 4 is 17.2 Å². The first-order valence-electron chi connectivity index (χ1n) is 9.63. The number of rotatable bonds is 7. The predicted molar refractivity (Wildman–Crippen MR) is 110 cm³/mol. The highest BCUT2D eigenvalue weighted by Gasteiger charge is 2.31. The van der Waals surface area contributed by atoms with E-state index in [0.717, 1.165) is 19.2 Å². The molecule has 0 amide bonds. The van der Waals surface area contributed by atoms with Crippen molar-refractivity contribution in [3.05, 3.63) is 65.8 Å². The van der Waals surface area contributed by atoms with Crippen LogP contribution in [0.25, 0.3) is 11.5 Å². The summed E-state index contributed by atoms with van der Waals surface area (Å²) in [4.78, 5) is 0. The van der Waals surface area contributed by atoms with Gasteiger partial charge < -0.3 is 14.3 Å². The largest absolute Gasteiger partial charge is 0.573 e. The molecule has 2 aromatic carbocycles. The van der Waals surface area contributed by atoms with Crippen LogP contribution in [-0.2, 0) is 18.1 Å². The zero-order valence-electron chi connectivity index (χ0n) is 16.4. The Morgan fingerprint density at radius 1 is 1.13 bits per heavy atom. The molecule has 0 saturated carbocycles. The van der Waals surface area contributed by atoms with Gasteiger partial charge in [0.2, 0.25) is 5.89 Å². The van der Waals surface area contributed by atoms with Crippen molar-refractivity contribution < 1.29 is 22.1 Å². The summed E-state index contributed by atoms with van der Waals surface area (Å²) < 4.78 is 61.8. The lowest BCUT2D eigenvalue weighted by molar-refractivity contribution is 0.116. The number of nitrogens with zero attached hydrogens (tertiary/aromatic N) is 4. The molecule has 2 heterocycles. The Balaban J connectivity index is 1.58. The summed E-state index contributed by atoms with van der Waals surface area (Å²) in [5.41, 5.74) is 1.18. The maximum absolute atomic E-state index is 14.9. The van der Waals surface area contributed by atoms with Crippen LogP contribution in [0.2, 0.25) is 0 Å². The third-order valence-corrected chi connectivity index (χ3v) is 6.29. The fourth-order valence-electron chi connectivity index (χ4n) is 3.17. The van der Waals surface area contributed by atoms with Crippen LogP contribution < -0.4 is 9.62 Å². The molecule has 1 N–H and O–H groups in total. The number of piperazine rings is 1. The number of halogens is 3. The Morgan fingerprint density at radius 2 is 1.87 bits per heavy atom. The summed E-state index contributed by atoms with van der Waals surface area (Å²) in [5.74, 6) is -1.60. The van der Waals surface area contributed by atoms with Gasteiger partial charge in [-0.15, -0.1) is 14.5 Å². The Hall–Kier alpha value is -2.60. The van der Waals surface area contributed by atoms with Gasteiger partial charge in [-0.2, -0.15) is 13.1 Å². The van der Waals surface area contributed by atoms with Crippen LogP contribution in [0.4, 0.5) is 18.9 Å². The summed E-state index contributed by atoms with van der Waals surface area (Å²) in [6.07, 6.45) is -2.90. The number of hydrogen-bond acceptors (Lipinski definition) is 7. The van der Waals surface area contributed by atoms with E-state index in [1.807, 2.05) is 34.6 Å². The Kier molecular flexibility index (Phi) is 6.76. The SMILES string of the molecule is [O-][S+](N1CCNCC1)N(Cc1ccc(-c2nnc(C(F)F)o2)cc1F)c1ccccc1. The van der Waals surface area contributed by atoms with Gasteiger partial charge in [-0.1, -0.05) is 24.3 Å². The quantitative estimate of drug-likeness (QED) is 0.552. The topological polar surface area (TPSA) is 80.5 Å². The molecule has 0 radical (unpaired) electrons. The molecule has 164 valence electrons. The highest BCUT2D eigenvalue weighted by molar-refractivity contribution is 7.90. The summed E-state index contributed by atoms with van der Waals surface area (Å²) >= 11 is -1.51. The van der Waals surface area contributed by atoms with Gasteiger partial charge >= 0.3 is 6.43 Å². The molecule has 1 aliphatic rings. The lowest BCUT2D eigenvalue weighted by Crippen LogP contribution is -2.51. The van der Waals surface area contributed by atoms with E-state index in [-0.39, 0.29) is 18.0 Å². The van der Waals surface area contributed by atoms with Gasteiger partial charge in [-0.05, 0) is 24.3 Å². The second-order valence-electron chi connectivity index (χ2n) is 6.83. The molecule has 1 atom stereocenters. The molecule has 31 heavy (non-hydrogen) atoms. The van der Waals surface area contributed by atoms with Crippen molar-refractivity contribution in [1.29, 1.82) is 0 Å². The fraction of sp³-hybridized carbons (Fsp3) is 0.300. The first kappa shape index (κ1) is 21.6. The van der Waals surface area contributed by atoms with Gasteiger partial charge in [0.25, 0.3) is 5.89 Å². The van der Waals surface area contributed by atoms with Crippen molar-refractivity contribution in [1.82, 2.24) is 19.8 Å². The molecule has 1 fully saturated rings. The highest BCUT2D eigenvalue weighted by Crippen LogP contribution is 2.28. The zero-order chi connectivity index (χ0) is 21.8. The maximum Gasteiger partial charge on any atom is 0.314 e. The van der Waals surface area contributed by atoms with Crippen molar-refractivity contribution in [2.75, 3.05) is 30.5 Å². The third-order valence-electron chi connectivity index (χ3n) is 4.77. The van der Waals surface area contributed by atoms with Gasteiger partial charge in [0.1, 0.15) is 5.82 Å². The minimum Gasteiger partial charge on any atom is -0.573 e. The smallest absolute Gasteiger partial charge is 0.314 e. The second kappa shape index (κ2) is 9.69. The monoisotopic (exact) mass is 451 g/mol. The van der Waals surface area contributed by atoms with E-state index in [1.165, 1.54) is 12.1 Å². The molecule has 1 unspecified atom stereocenters. The lowest BCUT2D eigenvalue weighted by atomic mass is 10.1. The summed E-state index contributed by atoms with van der Waals surface area (Å²) in [6.45, 7) is 2.73. The molecule has 3 aromatic rings. The third kappa shape index (κ3) is 5.01. The molecular weight excluding hydrogens is 431 g/mol. The minimum absolute atomic E-state index is 0.0543. The van der Waals surface area contributed by atoms with Crippen molar-refractivity contribution in [2.24, 2.45) is 0 Å². The summed E-state index contributed by atoms with van der Waals surface area (Å²) in [7, 11) is 0. The molecule has 1 aromatic heterocycles. The number of nitrogens with one attached hydrogen (secondary N) is 1. The number of aromatic nitrogens is 2. The average Bonchev–Trinajstić information content (AvgIpc) is 3.30. The van der Waals surface area contributed by atoms with Crippen molar-refractivity contribution in [3.8, 4) is 11.5 Å². The molecule has 4 rings (SSSR count). The van der Waals surface area contributed by atoms with Gasteiger partial charge in [-0.25, -0.2) is 4.39 Å². The number of benzene rings is 2. The Morgan fingerprint density at radius 3 is 2.52 bits per heavy atom. The van der Waals surface area contributed by atoms with E-state index < -0.39 is 29.7 Å². The van der Waals surface area contributed by atoms with E-state index in [2.05, 4.69) is 15.5 Å². The van der Waals surface area contributed by atoms with Crippen LogP contribution in [0.15, 0.2) is 52.9 Å².